The Morgan fingerprint density at radius 3 is 2.07 bits per heavy atom. The summed E-state index contributed by atoms with van der Waals surface area (Å²) in [5.74, 6) is 0. The Labute approximate surface area is 175 Å². The number of hydrogen-bond donors (Lipinski definition) is 1. The van der Waals surface area contributed by atoms with Gasteiger partial charge in [0.1, 0.15) is 0 Å². The summed E-state index contributed by atoms with van der Waals surface area (Å²) in [6, 6.07) is 10.2. The van der Waals surface area contributed by atoms with Crippen molar-refractivity contribution in [2.24, 2.45) is 0 Å². The Balaban J connectivity index is 0.00000320. The molecule has 2 aromatic carbocycles. The Morgan fingerprint density at radius 1 is 0.967 bits per heavy atom. The van der Waals surface area contributed by atoms with E-state index in [1.54, 1.807) is 0 Å². The molecule has 1 unspecified atom stereocenters. The summed E-state index contributed by atoms with van der Waals surface area (Å²) in [6.45, 7) is 2.24. The van der Waals surface area contributed by atoms with E-state index in [2.05, 4.69) is 5.32 Å². The second-order valence-electron chi connectivity index (χ2n) is 6.70. The Kier molecular flexibility index (Phi) is 7.79. The lowest BCUT2D eigenvalue weighted by molar-refractivity contribution is -0.200. The highest BCUT2D eigenvalue weighted by molar-refractivity contribution is 5.85. The Bertz CT molecular complexity index is 796. The third-order valence-electron chi connectivity index (χ3n) is 4.60. The van der Waals surface area contributed by atoms with Crippen molar-refractivity contribution in [3.05, 3.63) is 70.8 Å². The van der Waals surface area contributed by atoms with Gasteiger partial charge in [-0.3, -0.25) is 0 Å². The normalized spacial score (nSPS) is 21.0. The molecule has 1 aliphatic rings. The second kappa shape index (κ2) is 9.55. The van der Waals surface area contributed by atoms with Crippen molar-refractivity contribution in [2.45, 2.75) is 37.7 Å². The number of morpholine rings is 1. The molecule has 0 aromatic heterocycles. The van der Waals surface area contributed by atoms with E-state index >= 15 is 0 Å². The maximum atomic E-state index is 13.1. The summed E-state index contributed by atoms with van der Waals surface area (Å²) >= 11 is 0. The first kappa shape index (κ1) is 24.5. The first-order chi connectivity index (χ1) is 13.6. The predicted octanol–water partition coefficient (Wildman–Crippen LogP) is 5.91. The second-order valence-corrected chi connectivity index (χ2v) is 6.70. The van der Waals surface area contributed by atoms with Gasteiger partial charge in [0.05, 0.1) is 29.9 Å². The van der Waals surface area contributed by atoms with E-state index in [0.29, 0.717) is 25.3 Å². The minimum atomic E-state index is -4.91. The number of nitrogens with one attached hydrogen (secondary N) is 1. The van der Waals surface area contributed by atoms with E-state index in [1.807, 2.05) is 30.3 Å². The summed E-state index contributed by atoms with van der Waals surface area (Å²) in [4.78, 5) is 0. The van der Waals surface area contributed by atoms with Gasteiger partial charge in [-0.05, 0) is 36.2 Å². The zero-order valence-electron chi connectivity index (χ0n) is 15.8. The molecular weight excluding hydrogens is 436 g/mol. The lowest BCUT2D eigenvalue weighted by atomic mass is 10.0. The van der Waals surface area contributed by atoms with E-state index in [-0.39, 0.29) is 24.0 Å². The molecule has 0 radical (unpaired) electrons. The van der Waals surface area contributed by atoms with Crippen molar-refractivity contribution in [3.8, 4) is 0 Å². The van der Waals surface area contributed by atoms with E-state index in [1.165, 1.54) is 6.92 Å². The van der Waals surface area contributed by atoms with E-state index in [4.69, 9.17) is 9.47 Å². The van der Waals surface area contributed by atoms with Crippen LogP contribution in [0.1, 0.15) is 41.3 Å². The molecule has 1 heterocycles. The first-order valence-corrected chi connectivity index (χ1v) is 8.90. The summed E-state index contributed by atoms with van der Waals surface area (Å²) in [5.41, 5.74) is -2.14. The fourth-order valence-corrected chi connectivity index (χ4v) is 3.13. The summed E-state index contributed by atoms with van der Waals surface area (Å²) in [7, 11) is 0. The molecule has 1 fully saturated rings. The van der Waals surface area contributed by atoms with Crippen LogP contribution >= 0.6 is 12.4 Å². The van der Waals surface area contributed by atoms with Gasteiger partial charge in [0, 0.05) is 6.54 Å². The van der Waals surface area contributed by atoms with Gasteiger partial charge in [-0.2, -0.15) is 26.3 Å². The highest BCUT2D eigenvalue weighted by Gasteiger charge is 2.38. The molecule has 0 saturated carbocycles. The zero-order valence-corrected chi connectivity index (χ0v) is 16.6. The maximum Gasteiger partial charge on any atom is 0.416 e. The van der Waals surface area contributed by atoms with Gasteiger partial charge in [-0.15, -0.1) is 12.4 Å². The number of rotatable bonds is 4. The van der Waals surface area contributed by atoms with E-state index < -0.39 is 41.9 Å². The number of hydrogen-bond acceptors (Lipinski definition) is 3. The SMILES string of the molecule is C[C@H](O[C@@H]1OCCNC1c1ccccc1)c1cc(C(F)(F)F)cc(C(F)(F)F)c1.Cl. The monoisotopic (exact) mass is 455 g/mol. The standard InChI is InChI=1S/C20H19F6NO2.ClH/c1-12(14-9-15(19(21,22)23)11-16(10-14)20(24,25)26)29-18-17(27-7-8-28-18)13-5-3-2-4-6-13;/h2-6,9-12,17-18,27H,7-8H2,1H3;1H/t12-,17?,18-;/m0./s1. The van der Waals surface area contributed by atoms with Crippen LogP contribution in [0.3, 0.4) is 0 Å². The molecule has 2 aromatic rings. The van der Waals surface area contributed by atoms with Gasteiger partial charge in [-0.25, -0.2) is 0 Å². The fraction of sp³-hybridized carbons (Fsp3) is 0.400. The molecule has 1 saturated heterocycles. The van der Waals surface area contributed by atoms with Crippen LogP contribution in [0.25, 0.3) is 0 Å². The van der Waals surface area contributed by atoms with Crippen LogP contribution in [-0.2, 0) is 21.8 Å². The highest BCUT2D eigenvalue weighted by atomic mass is 35.5. The van der Waals surface area contributed by atoms with E-state index in [9.17, 15) is 26.3 Å². The Morgan fingerprint density at radius 2 is 1.53 bits per heavy atom. The molecule has 0 spiro atoms. The van der Waals surface area contributed by atoms with Crippen molar-refractivity contribution < 1.29 is 35.8 Å². The van der Waals surface area contributed by atoms with Gasteiger partial charge >= 0.3 is 12.4 Å². The molecule has 0 amide bonds. The summed E-state index contributed by atoms with van der Waals surface area (Å²) in [6.07, 6.45) is -11.8. The molecular formula is C20H20ClF6NO2. The lowest BCUT2D eigenvalue weighted by Crippen LogP contribution is -2.43. The van der Waals surface area contributed by atoms with Crippen LogP contribution in [0.4, 0.5) is 26.3 Å². The van der Waals surface area contributed by atoms with Crippen LogP contribution < -0.4 is 5.32 Å². The number of alkyl halides is 6. The first-order valence-electron chi connectivity index (χ1n) is 8.90. The van der Waals surface area contributed by atoms with E-state index in [0.717, 1.165) is 5.56 Å². The molecule has 3 nitrogen and oxygen atoms in total. The summed E-state index contributed by atoms with van der Waals surface area (Å²) < 4.78 is 90.0. The number of ether oxygens (including phenoxy) is 2. The van der Waals surface area contributed by atoms with Crippen LogP contribution in [0.15, 0.2) is 48.5 Å². The van der Waals surface area contributed by atoms with Crippen molar-refractivity contribution in [3.63, 3.8) is 0 Å². The van der Waals surface area contributed by atoms with Gasteiger partial charge in [-0.1, -0.05) is 30.3 Å². The van der Waals surface area contributed by atoms with Crippen LogP contribution in [-0.4, -0.2) is 19.4 Å². The minimum absolute atomic E-state index is 0. The molecule has 166 valence electrons. The fourth-order valence-electron chi connectivity index (χ4n) is 3.13. The molecule has 1 N–H and O–H groups in total. The van der Waals surface area contributed by atoms with Crippen molar-refractivity contribution in [1.82, 2.24) is 5.32 Å². The van der Waals surface area contributed by atoms with Gasteiger partial charge in [0.2, 0.25) is 0 Å². The minimum Gasteiger partial charge on any atom is -0.349 e. The average molecular weight is 456 g/mol. The largest absolute Gasteiger partial charge is 0.416 e. The number of benzene rings is 2. The molecule has 3 atom stereocenters. The topological polar surface area (TPSA) is 30.5 Å². The lowest BCUT2D eigenvalue weighted by Gasteiger charge is -2.34. The molecule has 0 bridgehead atoms. The highest BCUT2D eigenvalue weighted by Crippen LogP contribution is 2.38. The zero-order chi connectivity index (χ0) is 21.2. The molecule has 1 aliphatic heterocycles. The van der Waals surface area contributed by atoms with Crippen molar-refractivity contribution in [2.75, 3.05) is 13.2 Å². The van der Waals surface area contributed by atoms with Crippen LogP contribution in [0, 0.1) is 0 Å². The maximum absolute atomic E-state index is 13.1. The molecule has 30 heavy (non-hydrogen) atoms. The quantitative estimate of drug-likeness (QED) is 0.581. The Hall–Kier alpha value is -1.81. The summed E-state index contributed by atoms with van der Waals surface area (Å²) in [5, 5.41) is 3.20. The molecule has 3 rings (SSSR count). The molecule has 0 aliphatic carbocycles. The smallest absolute Gasteiger partial charge is 0.349 e. The third-order valence-corrected chi connectivity index (χ3v) is 4.60. The van der Waals surface area contributed by atoms with Crippen molar-refractivity contribution in [1.29, 1.82) is 0 Å². The van der Waals surface area contributed by atoms with Crippen molar-refractivity contribution >= 4 is 12.4 Å². The van der Waals surface area contributed by atoms with Gasteiger partial charge < -0.3 is 14.8 Å². The third kappa shape index (κ3) is 5.87. The van der Waals surface area contributed by atoms with Crippen LogP contribution in [0.2, 0.25) is 0 Å². The predicted molar refractivity (Wildman–Crippen MR) is 100 cm³/mol. The average Bonchev–Trinajstić information content (AvgIpc) is 2.67. The molecule has 10 heteroatoms. The van der Waals surface area contributed by atoms with Gasteiger partial charge in [0.25, 0.3) is 0 Å². The van der Waals surface area contributed by atoms with Gasteiger partial charge in [0.15, 0.2) is 6.29 Å². The number of halogens is 7. The van der Waals surface area contributed by atoms with Crippen LogP contribution in [0.5, 0.6) is 0 Å².